The summed E-state index contributed by atoms with van der Waals surface area (Å²) in [4.78, 5) is 24.1. The molecular weight excluding hydrogens is 376 g/mol. The van der Waals surface area contributed by atoms with Crippen LogP contribution in [0.4, 0.5) is 0 Å². The summed E-state index contributed by atoms with van der Waals surface area (Å²) < 4.78 is 15.0. The fourth-order valence-electron chi connectivity index (χ4n) is 3.27. The molecule has 2 rings (SSSR count). The largest absolute Gasteiger partial charge is 0.467 e. The van der Waals surface area contributed by atoms with E-state index in [0.717, 1.165) is 12.8 Å². The van der Waals surface area contributed by atoms with Crippen molar-refractivity contribution in [1.29, 1.82) is 0 Å². The molecule has 0 aliphatic carbocycles. The Balaban J connectivity index is 2.05. The smallest absolute Gasteiger partial charge is 0.338 e. The van der Waals surface area contributed by atoms with Crippen molar-refractivity contribution in [2.45, 2.75) is 70.7 Å². The zero-order valence-electron chi connectivity index (χ0n) is 17.5. The Morgan fingerprint density at radius 3 is 2.62 bits per heavy atom. The Morgan fingerprint density at radius 1 is 1.31 bits per heavy atom. The van der Waals surface area contributed by atoms with Crippen LogP contribution >= 0.6 is 0 Å². The topological polar surface area (TPSA) is 106 Å². The van der Waals surface area contributed by atoms with Crippen molar-refractivity contribution < 1.29 is 34.0 Å². The van der Waals surface area contributed by atoms with Crippen LogP contribution in [-0.2, 0) is 23.8 Å². The summed E-state index contributed by atoms with van der Waals surface area (Å²) in [6.45, 7) is 7.97. The number of hydrogen-bond acceptors (Lipinski definition) is 7. The maximum Gasteiger partial charge on any atom is 0.338 e. The molecule has 0 spiro atoms. The molecule has 2 heterocycles. The van der Waals surface area contributed by atoms with E-state index in [1.54, 1.807) is 13.0 Å². The second-order valence-corrected chi connectivity index (χ2v) is 7.68. The van der Waals surface area contributed by atoms with Gasteiger partial charge in [-0.3, -0.25) is 4.79 Å². The molecule has 2 aliphatic heterocycles. The minimum atomic E-state index is -1.86. The summed E-state index contributed by atoms with van der Waals surface area (Å²) in [5.41, 5.74) is 1.53. The zero-order chi connectivity index (χ0) is 21.8. The van der Waals surface area contributed by atoms with Gasteiger partial charge in [-0.2, -0.15) is 0 Å². The Bertz CT molecular complexity index is 757. The normalized spacial score (nSPS) is 30.7. The number of carbonyl (C=O) groups is 2. The number of rotatable bonds is 8. The first-order chi connectivity index (χ1) is 13.6. The number of esters is 1. The highest BCUT2D eigenvalue weighted by molar-refractivity contribution is 5.97. The van der Waals surface area contributed by atoms with Crippen molar-refractivity contribution in [1.82, 2.24) is 0 Å². The molecule has 0 amide bonds. The van der Waals surface area contributed by atoms with Gasteiger partial charge in [0.15, 0.2) is 11.7 Å². The van der Waals surface area contributed by atoms with E-state index in [9.17, 15) is 19.8 Å². The number of Topliss-reactive ketones (excluding diaryl/α,β-unsaturated/α-hetero) is 1. The van der Waals surface area contributed by atoms with Crippen molar-refractivity contribution in [2.75, 3.05) is 7.11 Å². The van der Waals surface area contributed by atoms with E-state index in [2.05, 4.69) is 24.7 Å². The average Bonchev–Trinajstić information content (AvgIpc) is 3.41. The number of epoxide rings is 1. The van der Waals surface area contributed by atoms with E-state index in [4.69, 9.17) is 9.47 Å². The van der Waals surface area contributed by atoms with Crippen LogP contribution in [0, 0.1) is 0 Å². The summed E-state index contributed by atoms with van der Waals surface area (Å²) in [5.74, 6) is -1.58. The summed E-state index contributed by atoms with van der Waals surface area (Å²) in [6, 6.07) is 0. The molecule has 0 radical (unpaired) electrons. The third-order valence-corrected chi connectivity index (χ3v) is 4.97. The van der Waals surface area contributed by atoms with Gasteiger partial charge in [0.25, 0.3) is 0 Å². The lowest BCUT2D eigenvalue weighted by Gasteiger charge is -2.27. The van der Waals surface area contributed by atoms with Crippen molar-refractivity contribution in [3.8, 4) is 0 Å². The molecule has 2 fully saturated rings. The number of hydrogen-bond donors (Lipinski definition) is 2. The Kier molecular flexibility index (Phi) is 7.71. The molecule has 160 valence electrons. The van der Waals surface area contributed by atoms with Gasteiger partial charge >= 0.3 is 5.97 Å². The first kappa shape index (κ1) is 23.2. The van der Waals surface area contributed by atoms with Gasteiger partial charge < -0.3 is 24.4 Å². The highest BCUT2D eigenvalue weighted by Crippen LogP contribution is 2.48. The summed E-state index contributed by atoms with van der Waals surface area (Å²) in [5, 5.41) is 20.4. The number of allylic oxidation sites excluding steroid dienone is 7. The molecule has 5 atom stereocenters. The van der Waals surface area contributed by atoms with E-state index in [1.165, 1.54) is 24.3 Å². The minimum Gasteiger partial charge on any atom is -0.467 e. The number of ether oxygens (including phenoxy) is 3. The maximum absolute atomic E-state index is 12.3. The number of carbonyl (C=O) groups excluding carboxylic acids is 2. The summed E-state index contributed by atoms with van der Waals surface area (Å²) in [6.07, 6.45) is 5.82. The third-order valence-electron chi connectivity index (χ3n) is 4.97. The predicted molar refractivity (Wildman–Crippen MR) is 107 cm³/mol. The number of fused-ring (bicyclic) bond motifs is 1. The van der Waals surface area contributed by atoms with Crippen LogP contribution < -0.4 is 0 Å². The standard InChI is InChI=1S/C22H30O7/c1-13(2)8-6-9-14(3)10-7-11-15(4)12-16(23)22-18(24)21(26)28-17(19(22)29-22)20(25)27-5/h7-8,10-12,16-17,19,21,23,26H,6,9H2,1-5H3/b11-7+,14-10+,15-12+/t16-,17-,19-,21-,22+/m1/s1. The van der Waals surface area contributed by atoms with Gasteiger partial charge in [0, 0.05) is 0 Å². The number of aliphatic hydroxyl groups is 2. The molecule has 7 heteroatoms. The minimum absolute atomic E-state index is 0.706. The second-order valence-electron chi connectivity index (χ2n) is 7.68. The van der Waals surface area contributed by atoms with Crippen LogP contribution in [0.3, 0.4) is 0 Å². The SMILES string of the molecule is COC(=O)[C@@H]1O[C@@H](O)C(=O)[C@]2([C@H](O)/C=C(C)/C=C/C=C(\C)CCC=C(C)C)O[C@H]12. The molecule has 2 N–H and O–H groups in total. The molecule has 29 heavy (non-hydrogen) atoms. The van der Waals surface area contributed by atoms with Gasteiger partial charge in [-0.05, 0) is 46.6 Å². The van der Waals surface area contributed by atoms with E-state index in [1.807, 2.05) is 19.1 Å². The molecule has 0 aromatic carbocycles. The van der Waals surface area contributed by atoms with Crippen LogP contribution in [-0.4, -0.2) is 59.3 Å². The first-order valence-corrected chi connectivity index (χ1v) is 9.60. The highest BCUT2D eigenvalue weighted by Gasteiger charge is 2.75. The first-order valence-electron chi connectivity index (χ1n) is 9.60. The molecule has 0 unspecified atom stereocenters. The van der Waals surface area contributed by atoms with Crippen molar-refractivity contribution in [2.24, 2.45) is 0 Å². The Morgan fingerprint density at radius 2 is 2.00 bits per heavy atom. The zero-order valence-corrected chi connectivity index (χ0v) is 17.5. The monoisotopic (exact) mass is 406 g/mol. The van der Waals surface area contributed by atoms with E-state index in [0.29, 0.717) is 5.57 Å². The van der Waals surface area contributed by atoms with E-state index < -0.39 is 42.0 Å². The van der Waals surface area contributed by atoms with Gasteiger partial charge in [0.2, 0.25) is 12.1 Å². The Labute approximate surface area is 171 Å². The molecule has 2 aliphatic rings. The number of ketones is 1. The lowest BCUT2D eigenvalue weighted by atomic mass is 9.87. The lowest BCUT2D eigenvalue weighted by molar-refractivity contribution is -0.193. The Hall–Kier alpha value is -2.06. The number of aliphatic hydroxyl groups excluding tert-OH is 2. The molecule has 2 saturated heterocycles. The predicted octanol–water partition coefficient (Wildman–Crippen LogP) is 2.14. The highest BCUT2D eigenvalue weighted by atomic mass is 16.7. The van der Waals surface area contributed by atoms with E-state index in [-0.39, 0.29) is 0 Å². The quantitative estimate of drug-likeness (QED) is 0.275. The lowest BCUT2D eigenvalue weighted by Crippen LogP contribution is -2.55. The van der Waals surface area contributed by atoms with Crippen molar-refractivity contribution in [3.63, 3.8) is 0 Å². The summed E-state index contributed by atoms with van der Waals surface area (Å²) in [7, 11) is 1.17. The van der Waals surface area contributed by atoms with Crippen LogP contribution in [0.25, 0.3) is 0 Å². The van der Waals surface area contributed by atoms with Crippen LogP contribution in [0.1, 0.15) is 40.5 Å². The van der Waals surface area contributed by atoms with Crippen LogP contribution in [0.2, 0.25) is 0 Å². The maximum atomic E-state index is 12.3. The fraction of sp³-hybridized carbons (Fsp3) is 0.545. The van der Waals surface area contributed by atoms with E-state index >= 15 is 0 Å². The molecule has 0 bridgehead atoms. The summed E-state index contributed by atoms with van der Waals surface area (Å²) >= 11 is 0. The van der Waals surface area contributed by atoms with Crippen molar-refractivity contribution in [3.05, 3.63) is 47.1 Å². The average molecular weight is 406 g/mol. The van der Waals surface area contributed by atoms with Gasteiger partial charge in [0.1, 0.15) is 12.2 Å². The van der Waals surface area contributed by atoms with Gasteiger partial charge in [-0.25, -0.2) is 4.79 Å². The van der Waals surface area contributed by atoms with Gasteiger partial charge in [-0.15, -0.1) is 0 Å². The second kappa shape index (κ2) is 9.63. The fourth-order valence-corrected chi connectivity index (χ4v) is 3.27. The molecule has 0 aromatic rings. The third kappa shape index (κ3) is 5.30. The van der Waals surface area contributed by atoms with Gasteiger partial charge in [-0.1, -0.05) is 41.0 Å². The van der Waals surface area contributed by atoms with Crippen LogP contribution in [0.5, 0.6) is 0 Å². The molecule has 0 aromatic heterocycles. The van der Waals surface area contributed by atoms with Crippen molar-refractivity contribution >= 4 is 11.8 Å². The molecule has 0 saturated carbocycles. The molecule has 7 nitrogen and oxygen atoms in total. The van der Waals surface area contributed by atoms with Crippen LogP contribution in [0.15, 0.2) is 47.1 Å². The number of methoxy groups -OCH3 is 1. The molecular formula is C22H30O7. The van der Waals surface area contributed by atoms with Gasteiger partial charge in [0.05, 0.1) is 7.11 Å².